The molecule has 0 saturated heterocycles. The van der Waals surface area contributed by atoms with Crippen LogP contribution in [0.4, 0.5) is 0 Å². The zero-order valence-electron chi connectivity index (χ0n) is 10.7. The van der Waals surface area contributed by atoms with Gasteiger partial charge in [0.1, 0.15) is 6.10 Å². The molecule has 0 aromatic rings. The minimum atomic E-state index is -0.680. The van der Waals surface area contributed by atoms with Crippen LogP contribution in [0, 0.1) is 11.8 Å². The third kappa shape index (κ3) is 3.89. The van der Waals surface area contributed by atoms with E-state index in [1.807, 2.05) is 0 Å². The largest absolute Gasteiger partial charge is 0.385 e. The van der Waals surface area contributed by atoms with Crippen LogP contribution in [0.15, 0.2) is 0 Å². The number of carbonyl (C=O) groups excluding carboxylic acids is 1. The van der Waals surface area contributed by atoms with Crippen LogP contribution in [-0.4, -0.2) is 17.0 Å². The van der Waals surface area contributed by atoms with Crippen LogP contribution in [-0.2, 0) is 4.79 Å². The zero-order valence-corrected chi connectivity index (χ0v) is 10.7. The van der Waals surface area contributed by atoms with Gasteiger partial charge in [0, 0.05) is 6.42 Å². The van der Waals surface area contributed by atoms with Crippen LogP contribution in [0.2, 0.25) is 0 Å². The second-order valence-corrected chi connectivity index (χ2v) is 5.20. The smallest absolute Gasteiger partial charge is 0.161 e. The van der Waals surface area contributed by atoms with E-state index in [2.05, 4.69) is 13.8 Å². The molecule has 0 heterocycles. The van der Waals surface area contributed by atoms with Gasteiger partial charge in [-0.3, -0.25) is 4.79 Å². The summed E-state index contributed by atoms with van der Waals surface area (Å²) in [5.74, 6) is 0.793. The van der Waals surface area contributed by atoms with Crippen molar-refractivity contribution in [2.45, 2.75) is 71.3 Å². The summed E-state index contributed by atoms with van der Waals surface area (Å²) >= 11 is 0. The summed E-state index contributed by atoms with van der Waals surface area (Å²) in [6.07, 6.45) is 7.68. The maximum absolute atomic E-state index is 11.9. The standard InChI is InChI=1S/C14H26O2/c1-3-11(4-2)10-13(15)14(16)12-8-6-5-7-9-12/h11-12,14,16H,3-10H2,1-2H3. The molecule has 0 radical (unpaired) electrons. The molecule has 1 unspecified atom stereocenters. The van der Waals surface area contributed by atoms with E-state index in [1.54, 1.807) is 0 Å². The average Bonchev–Trinajstić information content (AvgIpc) is 2.35. The monoisotopic (exact) mass is 226 g/mol. The number of aliphatic hydroxyl groups excluding tert-OH is 1. The lowest BCUT2D eigenvalue weighted by Crippen LogP contribution is -2.32. The Kier molecular flexibility index (Phi) is 6.04. The normalized spacial score (nSPS) is 20.0. The third-order valence-corrected chi connectivity index (χ3v) is 4.07. The molecule has 1 saturated carbocycles. The van der Waals surface area contributed by atoms with Gasteiger partial charge in [-0.25, -0.2) is 0 Å². The van der Waals surface area contributed by atoms with Crippen molar-refractivity contribution < 1.29 is 9.90 Å². The molecule has 16 heavy (non-hydrogen) atoms. The van der Waals surface area contributed by atoms with Crippen molar-refractivity contribution in [3.05, 3.63) is 0 Å². The van der Waals surface area contributed by atoms with Gasteiger partial charge in [0.15, 0.2) is 5.78 Å². The first-order chi connectivity index (χ1) is 7.69. The van der Waals surface area contributed by atoms with Crippen LogP contribution in [0.1, 0.15) is 65.2 Å². The number of carbonyl (C=O) groups is 1. The summed E-state index contributed by atoms with van der Waals surface area (Å²) in [5.41, 5.74) is 0. The highest BCUT2D eigenvalue weighted by atomic mass is 16.3. The fraction of sp³-hybridized carbons (Fsp3) is 0.929. The number of rotatable bonds is 6. The fourth-order valence-electron chi connectivity index (χ4n) is 2.70. The molecule has 94 valence electrons. The maximum atomic E-state index is 11.9. The molecular weight excluding hydrogens is 200 g/mol. The van der Waals surface area contributed by atoms with Crippen molar-refractivity contribution in [1.82, 2.24) is 0 Å². The molecule has 0 aliphatic heterocycles. The Bertz CT molecular complexity index is 203. The Hall–Kier alpha value is -0.370. The molecule has 2 heteroatoms. The number of hydrogen-bond acceptors (Lipinski definition) is 2. The van der Waals surface area contributed by atoms with Crippen LogP contribution in [0.25, 0.3) is 0 Å². The molecule has 0 aromatic heterocycles. The lowest BCUT2D eigenvalue weighted by molar-refractivity contribution is -0.131. The second-order valence-electron chi connectivity index (χ2n) is 5.20. The summed E-state index contributed by atoms with van der Waals surface area (Å²) in [6.45, 7) is 4.24. The Balaban J connectivity index is 2.39. The molecule has 1 aliphatic carbocycles. The molecule has 0 bridgehead atoms. The van der Waals surface area contributed by atoms with Gasteiger partial charge in [-0.15, -0.1) is 0 Å². The summed E-state index contributed by atoms with van der Waals surface area (Å²) in [7, 11) is 0. The number of hydrogen-bond donors (Lipinski definition) is 1. The van der Waals surface area contributed by atoms with E-state index in [1.165, 1.54) is 19.3 Å². The highest BCUT2D eigenvalue weighted by Crippen LogP contribution is 2.28. The first-order valence-electron chi connectivity index (χ1n) is 6.89. The van der Waals surface area contributed by atoms with Crippen LogP contribution in [0.3, 0.4) is 0 Å². The number of Topliss-reactive ketones (excluding diaryl/α,β-unsaturated/α-hetero) is 1. The van der Waals surface area contributed by atoms with Gasteiger partial charge in [-0.1, -0.05) is 46.0 Å². The predicted octanol–water partition coefficient (Wildman–Crippen LogP) is 3.32. The average molecular weight is 226 g/mol. The van der Waals surface area contributed by atoms with E-state index in [0.29, 0.717) is 12.3 Å². The zero-order chi connectivity index (χ0) is 12.0. The lowest BCUT2D eigenvalue weighted by atomic mass is 9.82. The quantitative estimate of drug-likeness (QED) is 0.754. The summed E-state index contributed by atoms with van der Waals surface area (Å²) in [5, 5.41) is 10.0. The van der Waals surface area contributed by atoms with Crippen LogP contribution < -0.4 is 0 Å². The minimum Gasteiger partial charge on any atom is -0.385 e. The predicted molar refractivity (Wildman–Crippen MR) is 66.3 cm³/mol. The highest BCUT2D eigenvalue weighted by molar-refractivity contribution is 5.83. The Labute approximate surface area is 99.4 Å². The Morgan fingerprint density at radius 1 is 1.19 bits per heavy atom. The first-order valence-corrected chi connectivity index (χ1v) is 6.89. The second kappa shape index (κ2) is 7.05. The molecule has 2 nitrogen and oxygen atoms in total. The van der Waals surface area contributed by atoms with Gasteiger partial charge < -0.3 is 5.11 Å². The number of ketones is 1. The van der Waals surface area contributed by atoms with E-state index < -0.39 is 6.10 Å². The third-order valence-electron chi connectivity index (χ3n) is 4.07. The van der Waals surface area contributed by atoms with E-state index in [0.717, 1.165) is 25.7 Å². The molecule has 1 N–H and O–H groups in total. The maximum Gasteiger partial charge on any atom is 0.161 e. The molecule has 0 aromatic carbocycles. The fourth-order valence-corrected chi connectivity index (χ4v) is 2.70. The van der Waals surface area contributed by atoms with Crippen LogP contribution >= 0.6 is 0 Å². The van der Waals surface area contributed by atoms with Crippen molar-refractivity contribution in [3.8, 4) is 0 Å². The highest BCUT2D eigenvalue weighted by Gasteiger charge is 2.28. The first kappa shape index (κ1) is 13.7. The van der Waals surface area contributed by atoms with Gasteiger partial charge in [-0.2, -0.15) is 0 Å². The van der Waals surface area contributed by atoms with Gasteiger partial charge in [0.25, 0.3) is 0 Å². The molecular formula is C14H26O2. The summed E-state index contributed by atoms with van der Waals surface area (Å²) in [6, 6.07) is 0. The van der Waals surface area contributed by atoms with Gasteiger partial charge in [-0.05, 0) is 24.7 Å². The topological polar surface area (TPSA) is 37.3 Å². The van der Waals surface area contributed by atoms with E-state index in [4.69, 9.17) is 0 Å². The minimum absolute atomic E-state index is 0.0839. The lowest BCUT2D eigenvalue weighted by Gasteiger charge is -2.26. The van der Waals surface area contributed by atoms with Gasteiger partial charge in [0.2, 0.25) is 0 Å². The molecule has 1 aliphatic rings. The molecule has 0 spiro atoms. The van der Waals surface area contributed by atoms with E-state index in [-0.39, 0.29) is 11.7 Å². The summed E-state index contributed by atoms with van der Waals surface area (Å²) in [4.78, 5) is 11.9. The molecule has 1 fully saturated rings. The SMILES string of the molecule is CCC(CC)CC(=O)C(O)C1CCCCC1. The molecule has 1 atom stereocenters. The number of aliphatic hydroxyl groups is 1. The van der Waals surface area contributed by atoms with Crippen molar-refractivity contribution in [2.75, 3.05) is 0 Å². The molecule has 0 amide bonds. The van der Waals surface area contributed by atoms with Crippen LogP contribution in [0.5, 0.6) is 0 Å². The van der Waals surface area contributed by atoms with Gasteiger partial charge in [0.05, 0.1) is 0 Å². The molecule has 1 rings (SSSR count). The Morgan fingerprint density at radius 3 is 2.25 bits per heavy atom. The van der Waals surface area contributed by atoms with E-state index in [9.17, 15) is 9.90 Å². The van der Waals surface area contributed by atoms with E-state index >= 15 is 0 Å². The van der Waals surface area contributed by atoms with Crippen molar-refractivity contribution in [2.24, 2.45) is 11.8 Å². The van der Waals surface area contributed by atoms with Crippen molar-refractivity contribution >= 4 is 5.78 Å². The van der Waals surface area contributed by atoms with Gasteiger partial charge >= 0.3 is 0 Å². The van der Waals surface area contributed by atoms with Crippen molar-refractivity contribution in [1.29, 1.82) is 0 Å². The summed E-state index contributed by atoms with van der Waals surface area (Å²) < 4.78 is 0. The van der Waals surface area contributed by atoms with Crippen molar-refractivity contribution in [3.63, 3.8) is 0 Å². The Morgan fingerprint density at radius 2 is 1.75 bits per heavy atom.